The molecule has 0 aliphatic heterocycles. The highest BCUT2D eigenvalue weighted by molar-refractivity contribution is 9.10. The van der Waals surface area contributed by atoms with Gasteiger partial charge in [-0.25, -0.2) is 9.48 Å². The first-order valence-electron chi connectivity index (χ1n) is 6.02. The molecule has 0 amide bonds. The van der Waals surface area contributed by atoms with Gasteiger partial charge in [0.1, 0.15) is 0 Å². The van der Waals surface area contributed by atoms with Crippen LogP contribution in [0.2, 0.25) is 5.02 Å². The van der Waals surface area contributed by atoms with Crippen molar-refractivity contribution in [3.63, 3.8) is 0 Å². The summed E-state index contributed by atoms with van der Waals surface area (Å²) in [6.07, 6.45) is 1.89. The third-order valence-corrected chi connectivity index (χ3v) is 4.43. The van der Waals surface area contributed by atoms with Crippen molar-refractivity contribution in [1.82, 2.24) is 20.2 Å². The Morgan fingerprint density at radius 3 is 2.75 bits per heavy atom. The van der Waals surface area contributed by atoms with E-state index in [1.54, 1.807) is 12.1 Å². The molecule has 0 saturated heterocycles. The van der Waals surface area contributed by atoms with Crippen LogP contribution in [0.15, 0.2) is 22.7 Å². The molecule has 0 unspecified atom stereocenters. The summed E-state index contributed by atoms with van der Waals surface area (Å²) in [6.45, 7) is 0. The van der Waals surface area contributed by atoms with E-state index in [0.29, 0.717) is 29.3 Å². The maximum Gasteiger partial charge on any atom is 0.331 e. The molecule has 1 aliphatic carbocycles. The number of benzene rings is 1. The topological polar surface area (TPSA) is 80.9 Å². The van der Waals surface area contributed by atoms with Crippen LogP contribution in [-0.2, 0) is 10.3 Å². The molecule has 1 saturated carbocycles. The number of carbonyl (C=O) groups is 1. The predicted molar refractivity (Wildman–Crippen MR) is 75.4 cm³/mol. The Balaban J connectivity index is 2.13. The van der Waals surface area contributed by atoms with Crippen LogP contribution in [0, 0.1) is 0 Å². The van der Waals surface area contributed by atoms with Gasteiger partial charge >= 0.3 is 5.97 Å². The number of tetrazole rings is 1. The van der Waals surface area contributed by atoms with E-state index in [1.807, 2.05) is 6.07 Å². The first-order chi connectivity index (χ1) is 9.54. The van der Waals surface area contributed by atoms with Gasteiger partial charge in [-0.1, -0.05) is 27.5 Å². The van der Waals surface area contributed by atoms with E-state index in [0.717, 1.165) is 10.9 Å². The fraction of sp³-hybridized carbons (Fsp3) is 0.333. The van der Waals surface area contributed by atoms with Crippen LogP contribution < -0.4 is 0 Å². The number of rotatable bonds is 3. The van der Waals surface area contributed by atoms with Crippen LogP contribution >= 0.6 is 27.5 Å². The quantitative estimate of drug-likeness (QED) is 0.913. The van der Waals surface area contributed by atoms with Crippen LogP contribution in [0.5, 0.6) is 0 Å². The molecule has 104 valence electrons. The van der Waals surface area contributed by atoms with Crippen LogP contribution in [0.25, 0.3) is 11.4 Å². The molecule has 0 radical (unpaired) electrons. The SMILES string of the molecule is O=C(O)C1(n2nnnc2-c2ccc(Br)cc2Cl)CCC1. The first kappa shape index (κ1) is 13.5. The van der Waals surface area contributed by atoms with E-state index in [4.69, 9.17) is 11.6 Å². The Morgan fingerprint density at radius 2 is 2.20 bits per heavy atom. The van der Waals surface area contributed by atoms with E-state index < -0.39 is 11.5 Å². The van der Waals surface area contributed by atoms with Crippen molar-refractivity contribution in [1.29, 1.82) is 0 Å². The summed E-state index contributed by atoms with van der Waals surface area (Å²) >= 11 is 9.53. The molecule has 2 aromatic rings. The number of hydrogen-bond acceptors (Lipinski definition) is 4. The Kier molecular flexibility index (Phi) is 3.25. The molecule has 1 N–H and O–H groups in total. The molecule has 1 aromatic heterocycles. The van der Waals surface area contributed by atoms with E-state index in [1.165, 1.54) is 4.68 Å². The zero-order valence-electron chi connectivity index (χ0n) is 10.3. The molecule has 1 aliphatic rings. The highest BCUT2D eigenvalue weighted by atomic mass is 79.9. The van der Waals surface area contributed by atoms with Crippen molar-refractivity contribution in [2.75, 3.05) is 0 Å². The number of halogens is 2. The van der Waals surface area contributed by atoms with Gasteiger partial charge in [-0.05, 0) is 47.9 Å². The fourth-order valence-corrected chi connectivity index (χ4v) is 3.10. The van der Waals surface area contributed by atoms with Crippen molar-refractivity contribution in [2.24, 2.45) is 0 Å². The molecule has 1 fully saturated rings. The first-order valence-corrected chi connectivity index (χ1v) is 7.19. The van der Waals surface area contributed by atoms with Crippen molar-refractivity contribution >= 4 is 33.5 Å². The Labute approximate surface area is 127 Å². The standard InChI is InChI=1S/C12H10BrClN4O2/c13-7-2-3-8(9(14)6-7)10-15-16-17-18(10)12(11(19)20)4-1-5-12/h2-3,6H,1,4-5H2,(H,19,20). The molecule has 1 aromatic carbocycles. The maximum absolute atomic E-state index is 11.6. The Morgan fingerprint density at radius 1 is 1.45 bits per heavy atom. The summed E-state index contributed by atoms with van der Waals surface area (Å²) in [7, 11) is 0. The van der Waals surface area contributed by atoms with Crippen LogP contribution in [-0.4, -0.2) is 31.3 Å². The number of carboxylic acid groups (broad SMARTS) is 1. The normalized spacial score (nSPS) is 16.7. The lowest BCUT2D eigenvalue weighted by atomic mass is 9.76. The lowest BCUT2D eigenvalue weighted by Gasteiger charge is -2.37. The largest absolute Gasteiger partial charge is 0.479 e. The average Bonchev–Trinajstić information content (AvgIpc) is 2.76. The molecule has 1 heterocycles. The van der Waals surface area contributed by atoms with Gasteiger partial charge in [0.05, 0.1) is 5.02 Å². The van der Waals surface area contributed by atoms with Crippen LogP contribution in [0.3, 0.4) is 0 Å². The number of aliphatic carboxylic acids is 1. The lowest BCUT2D eigenvalue weighted by Crippen LogP contribution is -2.48. The van der Waals surface area contributed by atoms with Crippen molar-refractivity contribution in [3.8, 4) is 11.4 Å². The van der Waals surface area contributed by atoms with E-state index in [-0.39, 0.29) is 0 Å². The molecule has 0 bridgehead atoms. The minimum absolute atomic E-state index is 0.379. The molecule has 20 heavy (non-hydrogen) atoms. The van der Waals surface area contributed by atoms with Gasteiger partial charge in [0.25, 0.3) is 0 Å². The van der Waals surface area contributed by atoms with Crippen LogP contribution in [0.1, 0.15) is 19.3 Å². The highest BCUT2D eigenvalue weighted by Gasteiger charge is 2.49. The predicted octanol–water partition coefficient (Wildman–Crippen LogP) is 2.72. The van der Waals surface area contributed by atoms with E-state index in [9.17, 15) is 9.90 Å². The summed E-state index contributed by atoms with van der Waals surface area (Å²) in [4.78, 5) is 11.6. The van der Waals surface area contributed by atoms with Crippen molar-refractivity contribution < 1.29 is 9.90 Å². The van der Waals surface area contributed by atoms with Gasteiger partial charge in [0.15, 0.2) is 11.4 Å². The highest BCUT2D eigenvalue weighted by Crippen LogP contribution is 2.41. The summed E-state index contributed by atoms with van der Waals surface area (Å²) in [6, 6.07) is 5.31. The number of carboxylic acids is 1. The molecule has 0 atom stereocenters. The van der Waals surface area contributed by atoms with E-state index >= 15 is 0 Å². The van der Waals surface area contributed by atoms with E-state index in [2.05, 4.69) is 31.5 Å². The monoisotopic (exact) mass is 356 g/mol. The molecule has 8 heteroatoms. The number of aromatic nitrogens is 4. The maximum atomic E-state index is 11.6. The molecule has 0 spiro atoms. The summed E-state index contributed by atoms with van der Waals surface area (Å²) in [5, 5.41) is 21.4. The zero-order chi connectivity index (χ0) is 14.3. The number of hydrogen-bond donors (Lipinski definition) is 1. The fourth-order valence-electron chi connectivity index (χ4n) is 2.34. The minimum atomic E-state index is -1.05. The smallest absolute Gasteiger partial charge is 0.331 e. The second-order valence-electron chi connectivity index (χ2n) is 4.73. The third kappa shape index (κ3) is 1.92. The lowest BCUT2D eigenvalue weighted by molar-refractivity contribution is -0.153. The van der Waals surface area contributed by atoms with Gasteiger partial charge in [-0.15, -0.1) is 5.10 Å². The Hall–Kier alpha value is -1.47. The minimum Gasteiger partial charge on any atom is -0.479 e. The van der Waals surface area contributed by atoms with Gasteiger partial charge in [-0.3, -0.25) is 0 Å². The Bertz CT molecular complexity index is 684. The van der Waals surface area contributed by atoms with Gasteiger partial charge in [0.2, 0.25) is 0 Å². The molecule has 6 nitrogen and oxygen atoms in total. The third-order valence-electron chi connectivity index (χ3n) is 3.63. The van der Waals surface area contributed by atoms with Gasteiger partial charge < -0.3 is 5.11 Å². The van der Waals surface area contributed by atoms with Crippen molar-refractivity contribution in [2.45, 2.75) is 24.8 Å². The molecule has 3 rings (SSSR count). The van der Waals surface area contributed by atoms with Gasteiger partial charge in [0, 0.05) is 10.0 Å². The van der Waals surface area contributed by atoms with Crippen molar-refractivity contribution in [3.05, 3.63) is 27.7 Å². The second kappa shape index (κ2) is 4.82. The summed E-state index contributed by atoms with van der Waals surface area (Å²) in [5.74, 6) is -0.532. The number of nitrogens with zero attached hydrogens (tertiary/aromatic N) is 4. The zero-order valence-corrected chi connectivity index (χ0v) is 12.6. The van der Waals surface area contributed by atoms with Crippen LogP contribution in [0.4, 0.5) is 0 Å². The van der Waals surface area contributed by atoms with Gasteiger partial charge in [-0.2, -0.15) is 0 Å². The second-order valence-corrected chi connectivity index (χ2v) is 6.05. The molecular weight excluding hydrogens is 348 g/mol. The average molecular weight is 358 g/mol. The summed E-state index contributed by atoms with van der Waals surface area (Å²) < 4.78 is 2.22. The molecular formula is C12H10BrClN4O2. The summed E-state index contributed by atoms with van der Waals surface area (Å²) in [5.41, 5.74) is -0.428.